The first kappa shape index (κ1) is 38.1. The van der Waals surface area contributed by atoms with Gasteiger partial charge in [0.15, 0.2) is 0 Å². The second-order valence-electron chi connectivity index (χ2n) is 12.9. The number of nitrogens with two attached hydrogens (primary N) is 1. The summed E-state index contributed by atoms with van der Waals surface area (Å²) in [5.41, 5.74) is 8.76. The SMILES string of the molecule is Nc1cc2nc[nH]c(=O)c2c(Nc2cccc3c2ccn3CCOCCOCCOCCOCCNc2cccc3c2C(=O)N(C2CCC(=O)NC2=O)C3=O)n1. The molecule has 6 N–H and O–H groups in total. The Morgan fingerprint density at radius 3 is 2.32 bits per heavy atom. The van der Waals surface area contributed by atoms with E-state index in [1.807, 2.05) is 30.5 Å². The lowest BCUT2D eigenvalue weighted by Gasteiger charge is -2.27. The van der Waals surface area contributed by atoms with E-state index in [1.54, 1.807) is 24.3 Å². The highest BCUT2D eigenvalue weighted by molar-refractivity contribution is 6.25. The molecule has 0 spiro atoms. The number of aromatic amines is 1. The van der Waals surface area contributed by atoms with Crippen LogP contribution in [0.1, 0.15) is 33.6 Å². The quantitative estimate of drug-likeness (QED) is 0.0599. The predicted molar refractivity (Wildman–Crippen MR) is 205 cm³/mol. The number of pyridine rings is 1. The van der Waals surface area contributed by atoms with Gasteiger partial charge in [-0.25, -0.2) is 9.97 Å². The predicted octanol–water partition coefficient (Wildman–Crippen LogP) is 2.18. The summed E-state index contributed by atoms with van der Waals surface area (Å²) in [4.78, 5) is 74.7. The number of rotatable bonds is 19. The van der Waals surface area contributed by atoms with Gasteiger partial charge in [0, 0.05) is 48.5 Å². The summed E-state index contributed by atoms with van der Waals surface area (Å²) in [5.74, 6) is -1.61. The zero-order valence-corrected chi connectivity index (χ0v) is 30.4. The molecule has 2 aliphatic rings. The molecule has 2 aliphatic heterocycles. The summed E-state index contributed by atoms with van der Waals surface area (Å²) < 4.78 is 24.7. The second kappa shape index (κ2) is 17.5. The van der Waals surface area contributed by atoms with Crippen LogP contribution in [0, 0.1) is 0 Å². The number of carbonyl (C=O) groups is 4. The number of anilines is 4. The summed E-state index contributed by atoms with van der Waals surface area (Å²) in [6.07, 6.45) is 3.47. The first-order chi connectivity index (χ1) is 27.3. The number of ether oxygens (including phenoxy) is 4. The monoisotopic (exact) mass is 767 g/mol. The molecule has 18 heteroatoms. The highest BCUT2D eigenvalue weighted by atomic mass is 16.6. The Hall–Kier alpha value is -6.21. The molecule has 5 heterocycles. The fourth-order valence-corrected chi connectivity index (χ4v) is 6.70. The van der Waals surface area contributed by atoms with Gasteiger partial charge in [-0.1, -0.05) is 12.1 Å². The van der Waals surface area contributed by atoms with Gasteiger partial charge in [0.1, 0.15) is 23.1 Å². The van der Waals surface area contributed by atoms with Crippen molar-refractivity contribution in [2.45, 2.75) is 25.4 Å². The molecule has 5 aromatic rings. The van der Waals surface area contributed by atoms with Crippen LogP contribution in [0.2, 0.25) is 0 Å². The van der Waals surface area contributed by atoms with E-state index in [-0.39, 0.29) is 35.3 Å². The van der Waals surface area contributed by atoms with Crippen molar-refractivity contribution in [2.75, 3.05) is 75.8 Å². The van der Waals surface area contributed by atoms with Crippen molar-refractivity contribution < 1.29 is 38.1 Å². The van der Waals surface area contributed by atoms with E-state index in [9.17, 15) is 24.0 Å². The molecule has 0 radical (unpaired) electrons. The normalized spacial score (nSPS) is 15.5. The minimum absolute atomic E-state index is 0.0596. The van der Waals surface area contributed by atoms with Gasteiger partial charge in [-0.05, 0) is 36.8 Å². The van der Waals surface area contributed by atoms with Crippen LogP contribution in [0.5, 0.6) is 0 Å². The molecule has 1 fully saturated rings. The van der Waals surface area contributed by atoms with E-state index in [0.717, 1.165) is 21.5 Å². The maximum atomic E-state index is 13.2. The summed E-state index contributed by atoms with van der Waals surface area (Å²) in [6, 6.07) is 13.3. The number of hydrogen-bond acceptors (Lipinski definition) is 14. The highest BCUT2D eigenvalue weighted by Crippen LogP contribution is 2.33. The smallest absolute Gasteiger partial charge is 0.264 e. The molecule has 0 bridgehead atoms. The van der Waals surface area contributed by atoms with Gasteiger partial charge in [-0.15, -0.1) is 0 Å². The van der Waals surface area contributed by atoms with Crippen molar-refractivity contribution in [1.29, 1.82) is 0 Å². The van der Waals surface area contributed by atoms with Gasteiger partial charge in [0.2, 0.25) is 11.8 Å². The Bertz CT molecular complexity index is 2330. The molecule has 18 nitrogen and oxygen atoms in total. The Balaban J connectivity index is 0.746. The van der Waals surface area contributed by atoms with E-state index in [4.69, 9.17) is 24.7 Å². The van der Waals surface area contributed by atoms with Crippen LogP contribution in [-0.2, 0) is 35.1 Å². The molecular weight excluding hydrogens is 726 g/mol. The van der Waals surface area contributed by atoms with Crippen LogP contribution in [0.25, 0.3) is 21.8 Å². The zero-order chi connectivity index (χ0) is 39.0. The van der Waals surface area contributed by atoms with Crippen LogP contribution in [0.3, 0.4) is 0 Å². The number of imide groups is 2. The van der Waals surface area contributed by atoms with Crippen molar-refractivity contribution in [3.63, 3.8) is 0 Å². The van der Waals surface area contributed by atoms with Gasteiger partial charge < -0.3 is 44.9 Å². The first-order valence-corrected chi connectivity index (χ1v) is 18.2. The second-order valence-corrected chi connectivity index (χ2v) is 12.9. The largest absolute Gasteiger partial charge is 0.384 e. The number of aromatic nitrogens is 4. The van der Waals surface area contributed by atoms with Crippen molar-refractivity contribution in [3.05, 3.63) is 82.5 Å². The van der Waals surface area contributed by atoms with Crippen molar-refractivity contribution >= 4 is 68.4 Å². The van der Waals surface area contributed by atoms with Gasteiger partial charge in [0.05, 0.1) is 81.3 Å². The number of H-pyrrole nitrogens is 1. The Labute approximate surface area is 319 Å². The maximum Gasteiger partial charge on any atom is 0.264 e. The molecule has 3 aromatic heterocycles. The molecule has 0 aliphatic carbocycles. The van der Waals surface area contributed by atoms with E-state index < -0.39 is 29.7 Å². The first-order valence-electron chi connectivity index (χ1n) is 18.2. The number of amides is 4. The van der Waals surface area contributed by atoms with E-state index in [0.29, 0.717) is 88.4 Å². The van der Waals surface area contributed by atoms with Crippen molar-refractivity contribution in [1.82, 2.24) is 29.7 Å². The molecule has 1 atom stereocenters. The molecule has 0 saturated carbocycles. The topological polar surface area (TPSA) is 234 Å². The van der Waals surface area contributed by atoms with Crippen LogP contribution >= 0.6 is 0 Å². The lowest BCUT2D eigenvalue weighted by molar-refractivity contribution is -0.136. The lowest BCUT2D eigenvalue weighted by Crippen LogP contribution is -2.54. The summed E-state index contributed by atoms with van der Waals surface area (Å²) >= 11 is 0. The lowest BCUT2D eigenvalue weighted by atomic mass is 10.0. The summed E-state index contributed by atoms with van der Waals surface area (Å²) in [7, 11) is 0. The number of hydrogen-bond donors (Lipinski definition) is 5. The molecule has 1 unspecified atom stereocenters. The Morgan fingerprint density at radius 1 is 0.839 bits per heavy atom. The number of benzene rings is 2. The Morgan fingerprint density at radius 2 is 1.55 bits per heavy atom. The van der Waals surface area contributed by atoms with E-state index >= 15 is 0 Å². The number of nitrogens with zero attached hydrogens (tertiary/aromatic N) is 4. The average molecular weight is 768 g/mol. The summed E-state index contributed by atoms with van der Waals surface area (Å²) in [6.45, 7) is 4.20. The maximum absolute atomic E-state index is 13.2. The van der Waals surface area contributed by atoms with E-state index in [2.05, 4.69) is 35.5 Å². The minimum atomic E-state index is -1.02. The van der Waals surface area contributed by atoms with Crippen LogP contribution in [0.15, 0.2) is 65.8 Å². The third-order valence-corrected chi connectivity index (χ3v) is 9.33. The van der Waals surface area contributed by atoms with Gasteiger partial charge >= 0.3 is 0 Å². The molecule has 56 heavy (non-hydrogen) atoms. The van der Waals surface area contributed by atoms with Crippen LogP contribution in [-0.4, -0.2) is 113 Å². The van der Waals surface area contributed by atoms with E-state index in [1.165, 1.54) is 6.33 Å². The van der Waals surface area contributed by atoms with Crippen LogP contribution in [0.4, 0.5) is 23.0 Å². The molecule has 4 amide bonds. The zero-order valence-electron chi connectivity index (χ0n) is 30.4. The number of fused-ring (bicyclic) bond motifs is 3. The average Bonchev–Trinajstić information content (AvgIpc) is 3.71. The Kier molecular flexibility index (Phi) is 11.9. The van der Waals surface area contributed by atoms with Crippen molar-refractivity contribution in [3.8, 4) is 0 Å². The number of piperidine rings is 1. The molecular formula is C38H41N9O9. The number of nitrogens with one attached hydrogen (secondary N) is 4. The number of carbonyl (C=O) groups excluding carboxylic acids is 4. The molecule has 1 saturated heterocycles. The van der Waals surface area contributed by atoms with Gasteiger partial charge in [-0.2, -0.15) is 0 Å². The third kappa shape index (κ3) is 8.37. The standard InChI is InChI=1S/C38H41N9O9/c39-30-21-27-33(36(50)42-22-41-27)34(44-30)43-25-4-2-6-28-23(25)9-11-46(28)12-14-54-16-18-56-20-19-55-17-15-53-13-10-40-26-5-1-3-24-32(26)38(52)47(37(24)51)29-7-8-31(48)45-35(29)49/h1-6,9,11,21-22,29,40H,7-8,10,12-20H2,(H3,39,43,44)(H,41,42,50)(H,45,48,49). The fourth-order valence-electron chi connectivity index (χ4n) is 6.70. The summed E-state index contributed by atoms with van der Waals surface area (Å²) in [5, 5.41) is 9.88. The van der Waals surface area contributed by atoms with Crippen LogP contribution < -0.4 is 27.2 Å². The molecule has 292 valence electrons. The minimum Gasteiger partial charge on any atom is -0.384 e. The molecule has 7 rings (SSSR count). The molecule has 2 aromatic carbocycles. The third-order valence-electron chi connectivity index (χ3n) is 9.33. The highest BCUT2D eigenvalue weighted by Gasteiger charge is 2.45. The van der Waals surface area contributed by atoms with Gasteiger partial charge in [-0.3, -0.25) is 34.2 Å². The van der Waals surface area contributed by atoms with Gasteiger partial charge in [0.25, 0.3) is 17.4 Å². The van der Waals surface area contributed by atoms with Crippen molar-refractivity contribution in [2.24, 2.45) is 0 Å². The number of nitrogen functional groups attached to an aromatic ring is 1. The fraction of sp³-hybridized carbons (Fsp3) is 0.342.